The van der Waals surface area contributed by atoms with E-state index in [4.69, 9.17) is 4.74 Å². The maximum absolute atomic E-state index is 12.7. The van der Waals surface area contributed by atoms with E-state index in [1.165, 1.54) is 40.7 Å². The summed E-state index contributed by atoms with van der Waals surface area (Å²) in [6, 6.07) is 10.0. The topological polar surface area (TPSA) is 113 Å². The van der Waals surface area contributed by atoms with Gasteiger partial charge in [-0.2, -0.15) is 4.31 Å². The van der Waals surface area contributed by atoms with Gasteiger partial charge in [-0.05, 0) is 42.8 Å². The van der Waals surface area contributed by atoms with Crippen LogP contribution in [0.1, 0.15) is 29.8 Å². The van der Waals surface area contributed by atoms with Gasteiger partial charge >= 0.3 is 5.97 Å². The van der Waals surface area contributed by atoms with Crippen LogP contribution in [-0.4, -0.2) is 49.4 Å². The molecule has 2 aromatic rings. The first-order valence-corrected chi connectivity index (χ1v) is 10.5. The second-order valence-corrected chi connectivity index (χ2v) is 8.18. The quantitative estimate of drug-likeness (QED) is 0.635. The molecule has 0 spiro atoms. The lowest BCUT2D eigenvalue weighted by Gasteiger charge is -2.19. The fraction of sp³-hybridized carbons (Fsp3) is 0.300. The van der Waals surface area contributed by atoms with Gasteiger partial charge in [0.25, 0.3) is 5.91 Å². The largest absolute Gasteiger partial charge is 0.508 e. The van der Waals surface area contributed by atoms with E-state index < -0.39 is 28.5 Å². The van der Waals surface area contributed by atoms with Crippen LogP contribution in [-0.2, 0) is 19.6 Å². The van der Waals surface area contributed by atoms with Crippen molar-refractivity contribution in [3.8, 4) is 5.75 Å². The van der Waals surface area contributed by atoms with E-state index in [1.54, 1.807) is 26.8 Å². The molecule has 0 fully saturated rings. The Labute approximate surface area is 170 Å². The summed E-state index contributed by atoms with van der Waals surface area (Å²) >= 11 is 0. The molecule has 0 radical (unpaired) electrons. The molecule has 0 aromatic heterocycles. The van der Waals surface area contributed by atoms with E-state index >= 15 is 0 Å². The van der Waals surface area contributed by atoms with Gasteiger partial charge in [-0.25, -0.2) is 13.2 Å². The van der Waals surface area contributed by atoms with Gasteiger partial charge in [-0.15, -0.1) is 0 Å². The second-order valence-electron chi connectivity index (χ2n) is 6.24. The van der Waals surface area contributed by atoms with E-state index in [1.807, 2.05) is 0 Å². The zero-order valence-corrected chi connectivity index (χ0v) is 17.3. The number of ether oxygens (including phenoxy) is 1. The number of hydrogen-bond acceptors (Lipinski definition) is 6. The molecule has 8 nitrogen and oxygen atoms in total. The monoisotopic (exact) mass is 420 g/mol. The average molecular weight is 420 g/mol. The van der Waals surface area contributed by atoms with E-state index in [0.717, 1.165) is 0 Å². The van der Waals surface area contributed by atoms with Crippen molar-refractivity contribution in [2.24, 2.45) is 0 Å². The zero-order chi connectivity index (χ0) is 21.6. The number of aryl methyl sites for hydroxylation is 1. The number of carbonyl (C=O) groups excluding carboxylic acids is 2. The fourth-order valence-corrected chi connectivity index (χ4v) is 4.13. The summed E-state index contributed by atoms with van der Waals surface area (Å²) in [7, 11) is -3.67. The molecule has 0 heterocycles. The number of sulfonamides is 1. The minimum Gasteiger partial charge on any atom is -0.508 e. The molecule has 1 amide bonds. The van der Waals surface area contributed by atoms with Crippen molar-refractivity contribution < 1.29 is 27.9 Å². The fourth-order valence-electron chi connectivity index (χ4n) is 2.64. The molecule has 0 saturated heterocycles. The molecule has 0 aliphatic heterocycles. The van der Waals surface area contributed by atoms with Crippen LogP contribution in [0.15, 0.2) is 47.4 Å². The number of carbonyl (C=O) groups is 2. The first-order chi connectivity index (χ1) is 13.7. The number of aromatic hydroxyl groups is 1. The lowest BCUT2D eigenvalue weighted by molar-refractivity contribution is -0.119. The third-order valence-corrected chi connectivity index (χ3v) is 6.29. The van der Waals surface area contributed by atoms with Crippen molar-refractivity contribution in [1.29, 1.82) is 0 Å². The highest BCUT2D eigenvalue weighted by atomic mass is 32.2. The van der Waals surface area contributed by atoms with Crippen LogP contribution in [0.2, 0.25) is 0 Å². The number of hydrogen-bond donors (Lipinski definition) is 2. The molecule has 0 saturated carbocycles. The van der Waals surface area contributed by atoms with Gasteiger partial charge < -0.3 is 15.2 Å². The first kappa shape index (κ1) is 22.4. The summed E-state index contributed by atoms with van der Waals surface area (Å²) in [5, 5.41) is 12.0. The Bertz CT molecular complexity index is 1000. The molecule has 0 bridgehead atoms. The van der Waals surface area contributed by atoms with Crippen molar-refractivity contribution in [3.05, 3.63) is 53.6 Å². The Morgan fingerprint density at radius 2 is 1.79 bits per heavy atom. The van der Waals surface area contributed by atoms with E-state index in [0.29, 0.717) is 24.3 Å². The van der Waals surface area contributed by atoms with Crippen molar-refractivity contribution in [2.45, 2.75) is 25.7 Å². The summed E-state index contributed by atoms with van der Waals surface area (Å²) < 4.78 is 31.6. The van der Waals surface area contributed by atoms with Crippen LogP contribution in [0.25, 0.3) is 0 Å². The van der Waals surface area contributed by atoms with Gasteiger partial charge in [0, 0.05) is 18.8 Å². The highest BCUT2D eigenvalue weighted by molar-refractivity contribution is 7.89. The number of amides is 1. The number of phenols is 1. The minimum absolute atomic E-state index is 0.0684. The summed E-state index contributed by atoms with van der Waals surface area (Å²) in [6.07, 6.45) is 0. The SMILES string of the molecule is CCN(CC)S(=O)(=O)c1ccc(C)c(NC(=O)COC(=O)c2cccc(O)c2)c1. The van der Waals surface area contributed by atoms with Crippen LogP contribution in [0.3, 0.4) is 0 Å². The van der Waals surface area contributed by atoms with Crippen LogP contribution in [0.4, 0.5) is 5.69 Å². The number of nitrogens with one attached hydrogen (secondary N) is 1. The summed E-state index contributed by atoms with van der Waals surface area (Å²) in [5.74, 6) is -1.46. The average Bonchev–Trinajstić information content (AvgIpc) is 2.68. The normalized spacial score (nSPS) is 11.3. The Hall–Kier alpha value is -2.91. The number of phenolic OH excluding ortho intramolecular Hbond substituents is 1. The van der Waals surface area contributed by atoms with E-state index in [-0.39, 0.29) is 16.2 Å². The second kappa shape index (κ2) is 9.53. The molecule has 9 heteroatoms. The standard InChI is InChI=1S/C20H24N2O6S/c1-4-22(5-2)29(26,27)17-10-9-14(3)18(12-17)21-19(24)13-28-20(25)15-7-6-8-16(23)11-15/h6-12,23H,4-5,13H2,1-3H3,(H,21,24). The Morgan fingerprint density at radius 1 is 1.10 bits per heavy atom. The van der Waals surface area contributed by atoms with Gasteiger partial charge in [-0.1, -0.05) is 26.0 Å². The van der Waals surface area contributed by atoms with Gasteiger partial charge in [0.05, 0.1) is 10.5 Å². The summed E-state index contributed by atoms with van der Waals surface area (Å²) in [6.45, 7) is 5.33. The number of rotatable bonds is 8. The molecule has 2 N–H and O–H groups in total. The van der Waals surface area contributed by atoms with E-state index in [9.17, 15) is 23.1 Å². The lowest BCUT2D eigenvalue weighted by Crippen LogP contribution is -2.30. The molecule has 0 unspecified atom stereocenters. The Morgan fingerprint density at radius 3 is 2.41 bits per heavy atom. The Balaban J connectivity index is 2.09. The van der Waals surface area contributed by atoms with Gasteiger partial charge in [0.1, 0.15) is 5.75 Å². The molecule has 0 aliphatic rings. The maximum atomic E-state index is 12.7. The van der Waals surface area contributed by atoms with E-state index in [2.05, 4.69) is 5.32 Å². The van der Waals surface area contributed by atoms with Crippen LogP contribution in [0.5, 0.6) is 5.75 Å². The first-order valence-electron chi connectivity index (χ1n) is 9.05. The molecule has 2 aromatic carbocycles. The lowest BCUT2D eigenvalue weighted by atomic mass is 10.2. The summed E-state index contributed by atoms with van der Waals surface area (Å²) in [4.78, 5) is 24.2. The molecular formula is C20H24N2O6S. The zero-order valence-electron chi connectivity index (χ0n) is 16.5. The third kappa shape index (κ3) is 5.55. The molecule has 156 valence electrons. The van der Waals surface area contributed by atoms with Crippen LogP contribution >= 0.6 is 0 Å². The van der Waals surface area contributed by atoms with Crippen molar-refractivity contribution in [3.63, 3.8) is 0 Å². The molecule has 0 aliphatic carbocycles. The van der Waals surface area contributed by atoms with Gasteiger partial charge in [0.2, 0.25) is 10.0 Å². The van der Waals surface area contributed by atoms with Crippen molar-refractivity contribution in [1.82, 2.24) is 4.31 Å². The van der Waals surface area contributed by atoms with Gasteiger partial charge in [0.15, 0.2) is 6.61 Å². The molecule has 29 heavy (non-hydrogen) atoms. The number of benzene rings is 2. The number of nitrogens with zero attached hydrogens (tertiary/aromatic N) is 1. The number of anilines is 1. The molecular weight excluding hydrogens is 396 g/mol. The predicted molar refractivity (Wildman–Crippen MR) is 108 cm³/mol. The maximum Gasteiger partial charge on any atom is 0.338 e. The Kier molecular flexibility index (Phi) is 7.35. The van der Waals surface area contributed by atoms with Crippen molar-refractivity contribution >= 4 is 27.6 Å². The third-order valence-electron chi connectivity index (χ3n) is 4.24. The summed E-state index contributed by atoms with van der Waals surface area (Å²) in [5.41, 5.74) is 1.09. The van der Waals surface area contributed by atoms with Gasteiger partial charge in [-0.3, -0.25) is 4.79 Å². The van der Waals surface area contributed by atoms with Crippen molar-refractivity contribution in [2.75, 3.05) is 25.0 Å². The minimum atomic E-state index is -3.67. The number of esters is 1. The highest BCUT2D eigenvalue weighted by Crippen LogP contribution is 2.23. The predicted octanol–water partition coefficient (Wildman–Crippen LogP) is 2.53. The highest BCUT2D eigenvalue weighted by Gasteiger charge is 2.22. The van der Waals surface area contributed by atoms with Crippen LogP contribution in [0, 0.1) is 6.92 Å². The molecule has 0 atom stereocenters. The van der Waals surface area contributed by atoms with Crippen LogP contribution < -0.4 is 5.32 Å². The smallest absolute Gasteiger partial charge is 0.338 e. The molecule has 2 rings (SSSR count).